The maximum atomic E-state index is 13.6. The van der Waals surface area contributed by atoms with Crippen molar-refractivity contribution in [2.24, 2.45) is 5.92 Å². The summed E-state index contributed by atoms with van der Waals surface area (Å²) in [5.41, 5.74) is 1.66. The zero-order valence-corrected chi connectivity index (χ0v) is 25.2. The predicted molar refractivity (Wildman–Crippen MR) is 163 cm³/mol. The van der Waals surface area contributed by atoms with Crippen LogP contribution < -0.4 is 9.64 Å². The van der Waals surface area contributed by atoms with Gasteiger partial charge >= 0.3 is 5.91 Å². The number of aliphatic hydroxyl groups excluding tert-OH is 1. The topological polar surface area (TPSA) is 92.6 Å². The number of aliphatic hydroxyl groups is 1. The maximum absolute atomic E-state index is 13.6. The Kier molecular flexibility index (Phi) is 9.25. The van der Waals surface area contributed by atoms with Crippen molar-refractivity contribution < 1.29 is 23.8 Å². The molecule has 0 spiro atoms. The van der Waals surface area contributed by atoms with Crippen molar-refractivity contribution in [3.05, 3.63) is 106 Å². The van der Waals surface area contributed by atoms with Gasteiger partial charge < -0.3 is 9.84 Å². The Morgan fingerprint density at radius 2 is 1.83 bits per heavy atom. The Labute approximate surface area is 256 Å². The van der Waals surface area contributed by atoms with E-state index in [1.807, 2.05) is 24.3 Å². The van der Waals surface area contributed by atoms with E-state index in [-0.39, 0.29) is 16.3 Å². The van der Waals surface area contributed by atoms with Gasteiger partial charge in [-0.25, -0.2) is 4.39 Å². The van der Waals surface area contributed by atoms with E-state index in [2.05, 4.69) is 24.0 Å². The zero-order valence-electron chi connectivity index (χ0n) is 22.8. The Balaban J connectivity index is 1.52. The zero-order chi connectivity index (χ0) is 29.8. The maximum Gasteiger partial charge on any atom is 0.301 e. The minimum atomic E-state index is -1.01. The normalized spacial score (nSPS) is 16.4. The molecule has 0 aliphatic carbocycles. The van der Waals surface area contributed by atoms with Gasteiger partial charge in [0.05, 0.1) is 18.2 Å². The quantitative estimate of drug-likeness (QED) is 0.0637. The molecule has 1 amide bonds. The van der Waals surface area contributed by atoms with E-state index in [0.29, 0.717) is 39.0 Å². The molecule has 1 atom stereocenters. The molecule has 3 aromatic carbocycles. The summed E-state index contributed by atoms with van der Waals surface area (Å²) in [6.07, 6.45) is 0.856. The first kappa shape index (κ1) is 29.8. The summed E-state index contributed by atoms with van der Waals surface area (Å²) in [4.78, 5) is 28.2. The van der Waals surface area contributed by atoms with Gasteiger partial charge in [-0.05, 0) is 72.0 Å². The summed E-state index contributed by atoms with van der Waals surface area (Å²) in [7, 11) is 0. The van der Waals surface area contributed by atoms with Gasteiger partial charge in [0.2, 0.25) is 5.13 Å². The first-order valence-corrected chi connectivity index (χ1v) is 15.4. The van der Waals surface area contributed by atoms with Crippen LogP contribution in [0.4, 0.5) is 9.52 Å². The number of Topliss-reactive ketones (excluding diaryl/α,β-unsaturated/α-hetero) is 1. The van der Waals surface area contributed by atoms with Crippen LogP contribution in [0.1, 0.15) is 43.0 Å². The lowest BCUT2D eigenvalue weighted by atomic mass is 9.95. The fourth-order valence-corrected chi connectivity index (χ4v) is 6.33. The SMILES string of the molecule is CC(C)CCOc1cccc(C2C(=C(O)c3ccc(F)cc3)C(=O)C(=O)N2c2nnc(SCc3ccc(Cl)cc3)s2)c1. The molecule has 1 aliphatic heterocycles. The van der Waals surface area contributed by atoms with E-state index in [4.69, 9.17) is 16.3 Å². The Hall–Kier alpha value is -3.73. The van der Waals surface area contributed by atoms with Crippen molar-refractivity contribution in [1.29, 1.82) is 0 Å². The van der Waals surface area contributed by atoms with Crippen molar-refractivity contribution in [3.8, 4) is 5.75 Å². The molecule has 5 rings (SSSR count). The number of benzene rings is 3. The summed E-state index contributed by atoms with van der Waals surface area (Å²) in [6.45, 7) is 4.71. The number of halogens is 2. The van der Waals surface area contributed by atoms with Gasteiger partial charge in [-0.3, -0.25) is 14.5 Å². The molecule has 42 heavy (non-hydrogen) atoms. The largest absolute Gasteiger partial charge is 0.507 e. The molecule has 1 aromatic heterocycles. The number of nitrogens with zero attached hydrogens (tertiary/aromatic N) is 3. The molecule has 0 saturated carbocycles. The minimum Gasteiger partial charge on any atom is -0.507 e. The summed E-state index contributed by atoms with van der Waals surface area (Å²) < 4.78 is 20.2. The number of carbonyl (C=O) groups excluding carboxylic acids is 2. The van der Waals surface area contributed by atoms with E-state index in [1.54, 1.807) is 24.3 Å². The molecule has 1 N–H and O–H groups in total. The Bertz CT molecular complexity index is 1620. The van der Waals surface area contributed by atoms with Crippen molar-refractivity contribution >= 4 is 57.3 Å². The van der Waals surface area contributed by atoms with Gasteiger partial charge in [-0.15, -0.1) is 10.2 Å². The average Bonchev–Trinajstić information content (AvgIpc) is 3.54. The van der Waals surface area contributed by atoms with Gasteiger partial charge in [-0.2, -0.15) is 0 Å². The van der Waals surface area contributed by atoms with E-state index < -0.39 is 29.3 Å². The van der Waals surface area contributed by atoms with E-state index >= 15 is 0 Å². The molecular formula is C31H27ClFN3O4S2. The van der Waals surface area contributed by atoms with Gasteiger partial charge in [0.15, 0.2) is 4.34 Å². The third-order valence-electron chi connectivity index (χ3n) is 6.58. The van der Waals surface area contributed by atoms with Crippen molar-refractivity contribution in [2.75, 3.05) is 11.5 Å². The van der Waals surface area contributed by atoms with Crippen LogP contribution in [0.25, 0.3) is 5.76 Å². The molecule has 11 heteroatoms. The third kappa shape index (κ3) is 6.67. The average molecular weight is 624 g/mol. The highest BCUT2D eigenvalue weighted by atomic mass is 35.5. The first-order valence-electron chi connectivity index (χ1n) is 13.2. The van der Waals surface area contributed by atoms with Crippen molar-refractivity contribution in [1.82, 2.24) is 10.2 Å². The lowest BCUT2D eigenvalue weighted by Gasteiger charge is -2.23. The summed E-state index contributed by atoms with van der Waals surface area (Å²) in [6, 6.07) is 18.6. The van der Waals surface area contributed by atoms with Crippen LogP contribution in [0.5, 0.6) is 5.75 Å². The second-order valence-corrected chi connectivity index (χ2v) is 12.7. The number of ketones is 1. The van der Waals surface area contributed by atoms with Gasteiger partial charge in [0.1, 0.15) is 17.3 Å². The number of carbonyl (C=O) groups is 2. The summed E-state index contributed by atoms with van der Waals surface area (Å²) in [5.74, 6) is -0.995. The number of rotatable bonds is 10. The molecule has 0 radical (unpaired) electrons. The standard InChI is InChI=1S/C31H27ClFN3O4S2/c1-18(2)14-15-40-24-5-3-4-21(16-24)26-25(27(37)20-8-12-23(33)13-9-20)28(38)29(39)36(26)30-34-35-31(42-30)41-17-19-6-10-22(32)11-7-19/h3-13,16,18,26,37H,14-15,17H2,1-2H3. The minimum absolute atomic E-state index is 0.128. The molecule has 1 unspecified atom stereocenters. The molecule has 0 bridgehead atoms. The third-order valence-corrected chi connectivity index (χ3v) is 8.96. The van der Waals surface area contributed by atoms with Crippen LogP contribution >= 0.6 is 34.7 Å². The Morgan fingerprint density at radius 1 is 1.10 bits per heavy atom. The molecule has 2 heterocycles. The fourth-order valence-electron chi connectivity index (χ4n) is 4.38. The lowest BCUT2D eigenvalue weighted by molar-refractivity contribution is -0.132. The molecular weight excluding hydrogens is 597 g/mol. The second kappa shape index (κ2) is 13.1. The van der Waals surface area contributed by atoms with Gasteiger partial charge in [0, 0.05) is 16.3 Å². The van der Waals surface area contributed by atoms with Crippen molar-refractivity contribution in [3.63, 3.8) is 0 Å². The number of thioether (sulfide) groups is 1. The van der Waals surface area contributed by atoms with Crippen LogP contribution in [-0.4, -0.2) is 33.6 Å². The van der Waals surface area contributed by atoms with Crippen LogP contribution in [0, 0.1) is 11.7 Å². The monoisotopic (exact) mass is 623 g/mol. The van der Waals surface area contributed by atoms with Crippen LogP contribution in [0.2, 0.25) is 5.02 Å². The number of hydrogen-bond acceptors (Lipinski definition) is 8. The Morgan fingerprint density at radius 3 is 2.55 bits per heavy atom. The van der Waals surface area contributed by atoms with Crippen molar-refractivity contribution in [2.45, 2.75) is 36.4 Å². The molecule has 1 saturated heterocycles. The van der Waals surface area contributed by atoms with E-state index in [1.165, 1.54) is 52.3 Å². The fraction of sp³-hybridized carbons (Fsp3) is 0.226. The van der Waals surface area contributed by atoms with Gasteiger partial charge in [0.25, 0.3) is 5.78 Å². The molecule has 216 valence electrons. The lowest BCUT2D eigenvalue weighted by Crippen LogP contribution is -2.29. The second-order valence-electron chi connectivity index (χ2n) is 10.0. The summed E-state index contributed by atoms with van der Waals surface area (Å²) >= 11 is 8.59. The number of amides is 1. The highest BCUT2D eigenvalue weighted by Crippen LogP contribution is 2.44. The molecule has 1 aliphatic rings. The first-order chi connectivity index (χ1) is 20.2. The highest BCUT2D eigenvalue weighted by molar-refractivity contribution is 8.00. The number of hydrogen-bond donors (Lipinski definition) is 1. The summed E-state index contributed by atoms with van der Waals surface area (Å²) in [5, 5.41) is 20.6. The highest BCUT2D eigenvalue weighted by Gasteiger charge is 2.48. The smallest absolute Gasteiger partial charge is 0.301 e. The predicted octanol–water partition coefficient (Wildman–Crippen LogP) is 7.67. The molecule has 7 nitrogen and oxygen atoms in total. The van der Waals surface area contributed by atoms with Gasteiger partial charge in [-0.1, -0.05) is 72.8 Å². The molecule has 1 fully saturated rings. The number of aromatic nitrogens is 2. The van der Waals surface area contributed by atoms with Crippen LogP contribution in [0.3, 0.4) is 0 Å². The van der Waals surface area contributed by atoms with Crippen LogP contribution in [-0.2, 0) is 15.3 Å². The number of ether oxygens (including phenoxy) is 1. The van der Waals surface area contributed by atoms with E-state index in [0.717, 1.165) is 12.0 Å². The number of anilines is 1. The van der Waals surface area contributed by atoms with E-state index in [9.17, 15) is 19.1 Å². The molecule has 4 aromatic rings. The van der Waals surface area contributed by atoms with Crippen LogP contribution in [0.15, 0.2) is 82.7 Å².